The number of hydrogen-bond acceptors (Lipinski definition) is 7. The van der Waals surface area contributed by atoms with Gasteiger partial charge in [0.2, 0.25) is 16.0 Å². The highest BCUT2D eigenvalue weighted by atomic mass is 32.2. The molecule has 32 heavy (non-hydrogen) atoms. The van der Waals surface area contributed by atoms with E-state index in [1.807, 2.05) is 25.3 Å². The van der Waals surface area contributed by atoms with Crippen LogP contribution in [0.25, 0.3) is 11.4 Å². The zero-order valence-electron chi connectivity index (χ0n) is 19.5. The van der Waals surface area contributed by atoms with Crippen LogP contribution in [0.4, 0.5) is 10.3 Å². The normalized spacial score (nSPS) is 16.8. The molecule has 0 spiro atoms. The second kappa shape index (κ2) is 9.03. The molecule has 1 fully saturated rings. The first-order valence-corrected chi connectivity index (χ1v) is 12.5. The lowest BCUT2D eigenvalue weighted by atomic mass is 9.93. The number of aryl methyl sites for hydroxylation is 1. The predicted molar refractivity (Wildman–Crippen MR) is 123 cm³/mol. The Morgan fingerprint density at radius 2 is 1.88 bits per heavy atom. The summed E-state index contributed by atoms with van der Waals surface area (Å²) >= 11 is 0. The molecular weight excluding hydrogens is 433 g/mol. The van der Waals surface area contributed by atoms with Crippen molar-refractivity contribution in [3.63, 3.8) is 0 Å². The molecule has 0 aromatic carbocycles. The van der Waals surface area contributed by atoms with Gasteiger partial charge in [-0.3, -0.25) is 0 Å². The second-order valence-corrected chi connectivity index (χ2v) is 11.6. The van der Waals surface area contributed by atoms with Crippen molar-refractivity contribution in [1.82, 2.24) is 23.8 Å². The zero-order chi connectivity index (χ0) is 23.8. The van der Waals surface area contributed by atoms with E-state index in [0.717, 1.165) is 5.82 Å². The highest BCUT2D eigenvalue weighted by molar-refractivity contribution is 7.89. The maximum Gasteiger partial charge on any atom is 0.221 e. The first kappa shape index (κ1) is 24.5. The lowest BCUT2D eigenvalue weighted by molar-refractivity contribution is 0.310. The number of nitrogens with zero attached hydrogens (tertiary/aromatic N) is 5. The van der Waals surface area contributed by atoms with E-state index in [2.05, 4.69) is 15.0 Å². The van der Waals surface area contributed by atoms with Crippen molar-refractivity contribution in [3.05, 3.63) is 23.5 Å². The lowest BCUT2D eigenvalue weighted by Gasteiger charge is -2.32. The van der Waals surface area contributed by atoms with Gasteiger partial charge < -0.3 is 16.0 Å². The Morgan fingerprint density at radius 1 is 1.25 bits per heavy atom. The minimum atomic E-state index is -3.41. The van der Waals surface area contributed by atoms with Crippen molar-refractivity contribution in [1.29, 1.82) is 0 Å². The number of anilines is 1. The highest BCUT2D eigenvalue weighted by Gasteiger charge is 2.33. The fraction of sp³-hybridized carbons (Fsp3) is 0.667. The molecule has 9 nitrogen and oxygen atoms in total. The van der Waals surface area contributed by atoms with E-state index in [0.29, 0.717) is 38.0 Å². The van der Waals surface area contributed by atoms with Gasteiger partial charge in [-0.05, 0) is 53.9 Å². The van der Waals surface area contributed by atoms with E-state index in [-0.39, 0.29) is 35.0 Å². The highest BCUT2D eigenvalue weighted by Crippen LogP contribution is 2.34. The average Bonchev–Trinajstić information content (AvgIpc) is 3.09. The molecule has 0 bridgehead atoms. The molecule has 0 radical (unpaired) electrons. The number of nitrogen functional groups attached to an aromatic ring is 1. The van der Waals surface area contributed by atoms with Gasteiger partial charge >= 0.3 is 0 Å². The Balaban J connectivity index is 1.83. The van der Waals surface area contributed by atoms with Gasteiger partial charge in [0, 0.05) is 30.6 Å². The monoisotopic (exact) mass is 467 g/mol. The number of halogens is 1. The minimum absolute atomic E-state index is 0.00132. The molecule has 1 aliphatic rings. The molecule has 3 rings (SSSR count). The summed E-state index contributed by atoms with van der Waals surface area (Å²) in [5.41, 5.74) is 12.2. The first-order valence-electron chi connectivity index (χ1n) is 10.9. The van der Waals surface area contributed by atoms with Crippen molar-refractivity contribution >= 4 is 16.0 Å². The van der Waals surface area contributed by atoms with Crippen LogP contribution >= 0.6 is 0 Å². The quantitative estimate of drug-likeness (QED) is 0.639. The molecule has 3 heterocycles. The van der Waals surface area contributed by atoms with Crippen molar-refractivity contribution < 1.29 is 12.8 Å². The van der Waals surface area contributed by atoms with Crippen molar-refractivity contribution in [2.24, 2.45) is 5.73 Å². The van der Waals surface area contributed by atoms with Crippen LogP contribution < -0.4 is 11.5 Å². The molecule has 0 saturated carbocycles. The van der Waals surface area contributed by atoms with Crippen LogP contribution in [0.2, 0.25) is 0 Å². The van der Waals surface area contributed by atoms with Gasteiger partial charge in [0.05, 0.1) is 23.3 Å². The van der Waals surface area contributed by atoms with Gasteiger partial charge in [-0.25, -0.2) is 32.1 Å². The second-order valence-electron chi connectivity index (χ2n) is 9.51. The summed E-state index contributed by atoms with van der Waals surface area (Å²) in [6.07, 6.45) is 2.89. The van der Waals surface area contributed by atoms with E-state index >= 15 is 4.39 Å². The van der Waals surface area contributed by atoms with Gasteiger partial charge in [-0.1, -0.05) is 0 Å². The maximum absolute atomic E-state index is 15.6. The fourth-order valence-corrected chi connectivity index (χ4v) is 5.94. The third-order valence-corrected chi connectivity index (χ3v) is 7.75. The topological polar surface area (TPSA) is 133 Å². The van der Waals surface area contributed by atoms with Crippen LogP contribution in [0.5, 0.6) is 0 Å². The predicted octanol–water partition coefficient (Wildman–Crippen LogP) is 2.59. The summed E-state index contributed by atoms with van der Waals surface area (Å²) in [4.78, 5) is 12.7. The maximum atomic E-state index is 15.6. The standard InChI is InChI=1S/C21H34FN7O2S/c1-13(2)29-14(3)25-12-16(29)19-17(22)18(26-20(23)27-19)15-6-9-28(10-7-15)32(30,31)11-8-21(4,5)24/h12-13,15H,6-11,24H2,1-5H3,(H2,23,26,27). The van der Waals surface area contributed by atoms with Gasteiger partial charge in [0.25, 0.3) is 0 Å². The Kier molecular flexibility index (Phi) is 6.92. The van der Waals surface area contributed by atoms with Crippen LogP contribution in [0.15, 0.2) is 6.20 Å². The van der Waals surface area contributed by atoms with Gasteiger partial charge in [0.1, 0.15) is 11.5 Å². The van der Waals surface area contributed by atoms with Crippen molar-refractivity contribution in [3.8, 4) is 11.4 Å². The number of piperidine rings is 1. The summed E-state index contributed by atoms with van der Waals surface area (Å²) in [5.74, 6) is -0.0168. The summed E-state index contributed by atoms with van der Waals surface area (Å²) in [7, 11) is -3.41. The van der Waals surface area contributed by atoms with Crippen LogP contribution in [-0.4, -0.2) is 56.6 Å². The number of rotatable bonds is 7. The van der Waals surface area contributed by atoms with E-state index in [1.54, 1.807) is 20.0 Å². The summed E-state index contributed by atoms with van der Waals surface area (Å²) in [6.45, 7) is 10.1. The lowest BCUT2D eigenvalue weighted by Crippen LogP contribution is -2.42. The zero-order valence-corrected chi connectivity index (χ0v) is 20.3. The molecule has 0 aliphatic carbocycles. The molecule has 2 aromatic heterocycles. The van der Waals surface area contributed by atoms with Crippen LogP contribution in [0, 0.1) is 12.7 Å². The Hall–Kier alpha value is -2.11. The van der Waals surface area contributed by atoms with E-state index < -0.39 is 21.4 Å². The van der Waals surface area contributed by atoms with Crippen molar-refractivity contribution in [2.45, 2.75) is 71.4 Å². The Labute approximate surface area is 189 Å². The Morgan fingerprint density at radius 3 is 2.44 bits per heavy atom. The molecule has 178 valence electrons. The molecule has 0 unspecified atom stereocenters. The first-order chi connectivity index (χ1) is 14.8. The molecule has 11 heteroatoms. The van der Waals surface area contributed by atoms with Gasteiger partial charge in [0.15, 0.2) is 5.82 Å². The van der Waals surface area contributed by atoms with E-state index in [9.17, 15) is 8.42 Å². The molecule has 1 saturated heterocycles. The number of imidazole rings is 1. The van der Waals surface area contributed by atoms with Crippen LogP contribution in [0.3, 0.4) is 0 Å². The van der Waals surface area contributed by atoms with E-state index in [1.165, 1.54) is 4.31 Å². The molecule has 1 aliphatic heterocycles. The third kappa shape index (κ3) is 5.26. The van der Waals surface area contributed by atoms with Gasteiger partial charge in [-0.15, -0.1) is 0 Å². The van der Waals surface area contributed by atoms with Gasteiger partial charge in [-0.2, -0.15) is 0 Å². The Bertz CT molecular complexity index is 1070. The number of nitrogens with two attached hydrogens (primary N) is 2. The average molecular weight is 468 g/mol. The summed E-state index contributed by atoms with van der Waals surface area (Å²) in [6, 6.07) is 0.0680. The fourth-order valence-electron chi connectivity index (χ4n) is 4.13. The molecule has 0 amide bonds. The van der Waals surface area contributed by atoms with Crippen LogP contribution in [0.1, 0.15) is 70.4 Å². The largest absolute Gasteiger partial charge is 0.368 e. The van der Waals surface area contributed by atoms with Crippen molar-refractivity contribution in [2.75, 3.05) is 24.6 Å². The minimum Gasteiger partial charge on any atom is -0.368 e. The number of hydrogen-bond donors (Lipinski definition) is 2. The SMILES string of the molecule is Cc1ncc(-c2nc(N)nc(C3CCN(S(=O)(=O)CCC(C)(C)N)CC3)c2F)n1C(C)C. The smallest absolute Gasteiger partial charge is 0.221 e. The third-order valence-electron chi connectivity index (χ3n) is 5.87. The van der Waals surface area contributed by atoms with E-state index in [4.69, 9.17) is 11.5 Å². The molecule has 4 N–H and O–H groups in total. The number of sulfonamides is 1. The molecular formula is C21H34FN7O2S. The molecule has 2 aromatic rings. The summed E-state index contributed by atoms with van der Waals surface area (Å²) < 4.78 is 44.3. The molecule has 0 atom stereocenters. The number of aromatic nitrogens is 4. The summed E-state index contributed by atoms with van der Waals surface area (Å²) in [5, 5.41) is 0. The van der Waals surface area contributed by atoms with Crippen LogP contribution in [-0.2, 0) is 10.0 Å².